The fraction of sp³-hybridized carbons (Fsp3) is 0.333. The third-order valence-electron chi connectivity index (χ3n) is 2.64. The smallest absolute Gasteiger partial charge is 0.220 e. The first-order valence-corrected chi connectivity index (χ1v) is 5.98. The van der Waals surface area contributed by atoms with Crippen molar-refractivity contribution in [1.29, 1.82) is 0 Å². The van der Waals surface area contributed by atoms with Crippen molar-refractivity contribution in [3.8, 4) is 0 Å². The summed E-state index contributed by atoms with van der Waals surface area (Å²) in [5.74, 6) is 0.156. The fourth-order valence-corrected chi connectivity index (χ4v) is 1.64. The van der Waals surface area contributed by atoms with Crippen molar-refractivity contribution < 1.29 is 9.18 Å². The van der Waals surface area contributed by atoms with E-state index in [1.54, 1.807) is 18.2 Å². The lowest BCUT2D eigenvalue weighted by Gasteiger charge is -2.04. The number of halogens is 1. The molecule has 7 heteroatoms. The zero-order chi connectivity index (χ0) is 13.5. The van der Waals surface area contributed by atoms with Gasteiger partial charge in [-0.15, -0.1) is 10.2 Å². The quantitative estimate of drug-likeness (QED) is 0.800. The molecule has 1 aromatic carbocycles. The van der Waals surface area contributed by atoms with Crippen LogP contribution in [0.2, 0.25) is 0 Å². The summed E-state index contributed by atoms with van der Waals surface area (Å²) in [5.41, 5.74) is 0.552. The lowest BCUT2D eigenvalue weighted by Crippen LogP contribution is -2.26. The predicted molar refractivity (Wildman–Crippen MR) is 65.6 cm³/mol. The second-order valence-electron chi connectivity index (χ2n) is 4.02. The van der Waals surface area contributed by atoms with Crippen molar-refractivity contribution >= 4 is 5.91 Å². The number of amides is 1. The minimum absolute atomic E-state index is 0.119. The molecule has 0 aliphatic heterocycles. The highest BCUT2D eigenvalue weighted by molar-refractivity contribution is 5.76. The molecule has 2 rings (SSSR count). The van der Waals surface area contributed by atoms with E-state index in [2.05, 4.69) is 25.9 Å². The summed E-state index contributed by atoms with van der Waals surface area (Å²) in [7, 11) is 0. The standard InChI is InChI=1S/C12H14FN5O/c13-10-4-2-1-3-9(10)5-6-12(19)14-8-7-11-15-17-18-16-11/h1-4H,5-8H2,(H,14,19)(H,15,16,17,18). The van der Waals surface area contributed by atoms with Gasteiger partial charge in [-0.1, -0.05) is 23.4 Å². The summed E-state index contributed by atoms with van der Waals surface area (Å²) < 4.78 is 13.3. The van der Waals surface area contributed by atoms with Crippen LogP contribution in [0.1, 0.15) is 17.8 Å². The van der Waals surface area contributed by atoms with Crippen molar-refractivity contribution in [1.82, 2.24) is 25.9 Å². The van der Waals surface area contributed by atoms with Gasteiger partial charge in [0.05, 0.1) is 0 Å². The van der Waals surface area contributed by atoms with Crippen LogP contribution in [0.3, 0.4) is 0 Å². The van der Waals surface area contributed by atoms with Gasteiger partial charge in [0.25, 0.3) is 0 Å². The van der Waals surface area contributed by atoms with Crippen LogP contribution < -0.4 is 5.32 Å². The molecule has 2 N–H and O–H groups in total. The Hall–Kier alpha value is -2.31. The van der Waals surface area contributed by atoms with Crippen LogP contribution in [0.4, 0.5) is 4.39 Å². The maximum atomic E-state index is 13.3. The molecule has 2 aromatic rings. The van der Waals surface area contributed by atoms with E-state index in [-0.39, 0.29) is 18.1 Å². The lowest BCUT2D eigenvalue weighted by molar-refractivity contribution is -0.121. The summed E-state index contributed by atoms with van der Waals surface area (Å²) >= 11 is 0. The van der Waals surface area contributed by atoms with Crippen molar-refractivity contribution in [2.24, 2.45) is 0 Å². The molecule has 0 atom stereocenters. The number of rotatable bonds is 6. The van der Waals surface area contributed by atoms with Crippen LogP contribution in [0.5, 0.6) is 0 Å². The molecule has 0 aliphatic rings. The molecule has 100 valence electrons. The van der Waals surface area contributed by atoms with Crippen LogP contribution in [-0.2, 0) is 17.6 Å². The van der Waals surface area contributed by atoms with E-state index in [1.165, 1.54) is 6.07 Å². The third-order valence-corrected chi connectivity index (χ3v) is 2.64. The molecule has 6 nitrogen and oxygen atoms in total. The van der Waals surface area contributed by atoms with Crippen molar-refractivity contribution in [2.75, 3.05) is 6.54 Å². The number of aromatic amines is 1. The zero-order valence-corrected chi connectivity index (χ0v) is 10.3. The van der Waals surface area contributed by atoms with Crippen molar-refractivity contribution in [2.45, 2.75) is 19.3 Å². The number of hydrogen-bond donors (Lipinski definition) is 2. The fourth-order valence-electron chi connectivity index (χ4n) is 1.64. The van der Waals surface area contributed by atoms with E-state index in [0.29, 0.717) is 30.8 Å². The number of aromatic nitrogens is 4. The Balaban J connectivity index is 1.69. The highest BCUT2D eigenvalue weighted by Gasteiger charge is 2.06. The van der Waals surface area contributed by atoms with Crippen molar-refractivity contribution in [3.63, 3.8) is 0 Å². The Morgan fingerprint density at radius 3 is 2.89 bits per heavy atom. The summed E-state index contributed by atoms with van der Waals surface area (Å²) in [6.45, 7) is 0.440. The average Bonchev–Trinajstić information content (AvgIpc) is 2.91. The highest BCUT2D eigenvalue weighted by atomic mass is 19.1. The molecule has 0 bridgehead atoms. The second-order valence-corrected chi connectivity index (χ2v) is 4.02. The van der Waals surface area contributed by atoms with Crippen LogP contribution >= 0.6 is 0 Å². The first-order chi connectivity index (χ1) is 9.25. The number of H-pyrrole nitrogens is 1. The van der Waals surface area contributed by atoms with Crippen molar-refractivity contribution in [3.05, 3.63) is 41.5 Å². The van der Waals surface area contributed by atoms with E-state index in [0.717, 1.165) is 0 Å². The van der Waals surface area contributed by atoms with Crippen LogP contribution in [-0.4, -0.2) is 33.1 Å². The summed E-state index contributed by atoms with van der Waals surface area (Å²) in [6.07, 6.45) is 1.16. The Morgan fingerprint density at radius 1 is 1.32 bits per heavy atom. The molecule has 0 aliphatic carbocycles. The largest absolute Gasteiger partial charge is 0.356 e. The Kier molecular flexibility index (Phi) is 4.54. The number of tetrazole rings is 1. The van der Waals surface area contributed by atoms with Gasteiger partial charge in [0.15, 0.2) is 5.82 Å². The molecular formula is C12H14FN5O. The van der Waals surface area contributed by atoms with Gasteiger partial charge in [0.1, 0.15) is 5.82 Å². The first-order valence-electron chi connectivity index (χ1n) is 5.98. The van der Waals surface area contributed by atoms with E-state index in [1.807, 2.05) is 0 Å². The van der Waals surface area contributed by atoms with E-state index in [4.69, 9.17) is 0 Å². The molecule has 1 heterocycles. The number of nitrogens with one attached hydrogen (secondary N) is 2. The normalized spacial score (nSPS) is 10.4. The molecule has 1 aromatic heterocycles. The summed E-state index contributed by atoms with van der Waals surface area (Å²) in [5, 5.41) is 16.0. The van der Waals surface area contributed by atoms with Gasteiger partial charge in [0, 0.05) is 19.4 Å². The third kappa shape index (κ3) is 4.13. The molecule has 0 radical (unpaired) electrons. The molecule has 0 unspecified atom stereocenters. The molecule has 0 fully saturated rings. The van der Waals surface area contributed by atoms with Gasteiger partial charge in [-0.25, -0.2) is 4.39 Å². The van der Waals surface area contributed by atoms with Gasteiger partial charge in [0.2, 0.25) is 5.91 Å². The number of benzene rings is 1. The molecule has 19 heavy (non-hydrogen) atoms. The van der Waals surface area contributed by atoms with E-state index in [9.17, 15) is 9.18 Å². The number of nitrogens with zero attached hydrogens (tertiary/aromatic N) is 3. The van der Waals surface area contributed by atoms with Gasteiger partial charge < -0.3 is 5.32 Å². The lowest BCUT2D eigenvalue weighted by atomic mass is 10.1. The molecular weight excluding hydrogens is 249 g/mol. The molecule has 0 saturated carbocycles. The zero-order valence-electron chi connectivity index (χ0n) is 10.3. The van der Waals surface area contributed by atoms with Gasteiger partial charge in [-0.2, -0.15) is 5.21 Å². The van der Waals surface area contributed by atoms with Crippen LogP contribution in [0.15, 0.2) is 24.3 Å². The minimum Gasteiger partial charge on any atom is -0.356 e. The second kappa shape index (κ2) is 6.58. The highest BCUT2D eigenvalue weighted by Crippen LogP contribution is 2.08. The summed E-state index contributed by atoms with van der Waals surface area (Å²) in [6, 6.07) is 6.46. The monoisotopic (exact) mass is 263 g/mol. The van der Waals surface area contributed by atoms with Crippen LogP contribution in [0.25, 0.3) is 0 Å². The average molecular weight is 263 g/mol. The van der Waals surface area contributed by atoms with Crippen LogP contribution in [0, 0.1) is 5.82 Å². The van der Waals surface area contributed by atoms with Gasteiger partial charge >= 0.3 is 0 Å². The Morgan fingerprint density at radius 2 is 2.16 bits per heavy atom. The first kappa shape index (κ1) is 13.1. The van der Waals surface area contributed by atoms with Gasteiger partial charge in [-0.05, 0) is 18.1 Å². The minimum atomic E-state index is -0.276. The molecule has 0 spiro atoms. The maximum Gasteiger partial charge on any atom is 0.220 e. The number of carbonyl (C=O) groups excluding carboxylic acids is 1. The molecule has 1 amide bonds. The number of hydrogen-bond acceptors (Lipinski definition) is 4. The van der Waals surface area contributed by atoms with Gasteiger partial charge in [-0.3, -0.25) is 4.79 Å². The Bertz CT molecular complexity index is 529. The maximum absolute atomic E-state index is 13.3. The summed E-state index contributed by atoms with van der Waals surface area (Å²) in [4.78, 5) is 11.6. The Labute approximate surface area is 109 Å². The molecule has 0 saturated heterocycles. The number of aryl methyl sites for hydroxylation is 1. The SMILES string of the molecule is O=C(CCc1ccccc1F)NCCc1nn[nH]n1. The topological polar surface area (TPSA) is 83.6 Å². The predicted octanol–water partition coefficient (Wildman–Crippen LogP) is 0.630. The number of carbonyl (C=O) groups is 1. The van der Waals surface area contributed by atoms with E-state index >= 15 is 0 Å². The van der Waals surface area contributed by atoms with E-state index < -0.39 is 0 Å².